The number of nitrogens with zero attached hydrogens (tertiary/aromatic N) is 3. The van der Waals surface area contributed by atoms with E-state index in [1.165, 1.54) is 11.1 Å². The molecule has 0 aliphatic rings. The van der Waals surface area contributed by atoms with Crippen molar-refractivity contribution in [1.29, 1.82) is 0 Å². The SMILES string of the molecule is CC(C)=CCCC(C)=Cc1nc(-c2ccncc2)no1. The second-order valence-corrected chi connectivity index (χ2v) is 5.00. The second kappa shape index (κ2) is 6.80. The van der Waals surface area contributed by atoms with E-state index in [9.17, 15) is 0 Å². The number of aromatic nitrogens is 3. The molecule has 0 aromatic carbocycles. The highest BCUT2D eigenvalue weighted by atomic mass is 16.5. The maximum absolute atomic E-state index is 5.24. The maximum atomic E-state index is 5.24. The summed E-state index contributed by atoms with van der Waals surface area (Å²) < 4.78 is 5.24. The Morgan fingerprint density at radius 2 is 1.95 bits per heavy atom. The van der Waals surface area contributed by atoms with E-state index in [4.69, 9.17) is 4.52 Å². The van der Waals surface area contributed by atoms with Gasteiger partial charge in [0, 0.05) is 24.0 Å². The van der Waals surface area contributed by atoms with Crippen LogP contribution in [0.2, 0.25) is 0 Å². The van der Waals surface area contributed by atoms with Gasteiger partial charge in [0.1, 0.15) is 0 Å². The van der Waals surface area contributed by atoms with Crippen LogP contribution >= 0.6 is 0 Å². The summed E-state index contributed by atoms with van der Waals surface area (Å²) in [5.41, 5.74) is 3.48. The van der Waals surface area contributed by atoms with Crippen molar-refractivity contribution in [3.8, 4) is 11.4 Å². The van der Waals surface area contributed by atoms with E-state index in [0.717, 1.165) is 18.4 Å². The van der Waals surface area contributed by atoms with Gasteiger partial charge in [0.25, 0.3) is 5.89 Å². The first-order valence-electron chi connectivity index (χ1n) is 6.70. The van der Waals surface area contributed by atoms with Crippen molar-refractivity contribution >= 4 is 6.08 Å². The van der Waals surface area contributed by atoms with Crippen molar-refractivity contribution in [2.24, 2.45) is 0 Å². The van der Waals surface area contributed by atoms with Gasteiger partial charge in [-0.15, -0.1) is 0 Å². The topological polar surface area (TPSA) is 51.8 Å². The van der Waals surface area contributed by atoms with E-state index in [1.807, 2.05) is 18.2 Å². The third kappa shape index (κ3) is 4.16. The molecule has 2 aromatic heterocycles. The molecule has 0 bridgehead atoms. The molecular weight excluding hydrogens is 250 g/mol. The minimum absolute atomic E-state index is 0.548. The summed E-state index contributed by atoms with van der Waals surface area (Å²) >= 11 is 0. The lowest BCUT2D eigenvalue weighted by Crippen LogP contribution is -1.81. The average Bonchev–Trinajstić information content (AvgIpc) is 2.88. The van der Waals surface area contributed by atoms with Gasteiger partial charge in [-0.05, 0) is 45.7 Å². The molecule has 0 aliphatic heterocycles. The second-order valence-electron chi connectivity index (χ2n) is 5.00. The monoisotopic (exact) mass is 269 g/mol. The van der Waals surface area contributed by atoms with Gasteiger partial charge in [0.2, 0.25) is 5.82 Å². The Morgan fingerprint density at radius 1 is 1.20 bits per heavy atom. The molecule has 0 unspecified atom stereocenters. The molecule has 4 heteroatoms. The molecule has 0 saturated heterocycles. The van der Waals surface area contributed by atoms with Crippen LogP contribution in [0.1, 0.15) is 39.5 Å². The summed E-state index contributed by atoms with van der Waals surface area (Å²) in [6.45, 7) is 6.30. The molecule has 104 valence electrons. The van der Waals surface area contributed by atoms with Crippen molar-refractivity contribution in [1.82, 2.24) is 15.1 Å². The van der Waals surface area contributed by atoms with Crippen molar-refractivity contribution in [2.45, 2.75) is 33.6 Å². The predicted molar refractivity (Wildman–Crippen MR) is 79.8 cm³/mol. The standard InChI is InChI=1S/C16H19N3O/c1-12(2)5-4-6-13(3)11-15-18-16(19-20-15)14-7-9-17-10-8-14/h5,7-11H,4,6H2,1-3H3. The van der Waals surface area contributed by atoms with Crippen LogP contribution in [0.25, 0.3) is 17.5 Å². The predicted octanol–water partition coefficient (Wildman–Crippen LogP) is 4.28. The van der Waals surface area contributed by atoms with Gasteiger partial charge in [-0.3, -0.25) is 4.98 Å². The van der Waals surface area contributed by atoms with Crippen LogP contribution in [0.4, 0.5) is 0 Å². The molecule has 4 nitrogen and oxygen atoms in total. The first-order valence-corrected chi connectivity index (χ1v) is 6.70. The Hall–Kier alpha value is -2.23. The maximum Gasteiger partial charge on any atom is 0.250 e. The molecule has 2 heterocycles. The van der Waals surface area contributed by atoms with Gasteiger partial charge >= 0.3 is 0 Å². The summed E-state index contributed by atoms with van der Waals surface area (Å²) in [6, 6.07) is 3.72. The summed E-state index contributed by atoms with van der Waals surface area (Å²) in [7, 11) is 0. The van der Waals surface area contributed by atoms with Crippen LogP contribution in [0.15, 0.2) is 46.3 Å². The minimum Gasteiger partial charge on any atom is -0.334 e. The van der Waals surface area contributed by atoms with Crippen LogP contribution in [-0.4, -0.2) is 15.1 Å². The minimum atomic E-state index is 0.548. The van der Waals surface area contributed by atoms with Gasteiger partial charge in [0.15, 0.2) is 0 Å². The first-order chi connectivity index (χ1) is 9.65. The fourth-order valence-electron chi connectivity index (χ4n) is 1.78. The first kappa shape index (κ1) is 14.2. The van der Waals surface area contributed by atoms with Crippen LogP contribution < -0.4 is 0 Å². The van der Waals surface area contributed by atoms with Crippen molar-refractivity contribution in [2.75, 3.05) is 0 Å². The highest BCUT2D eigenvalue weighted by Crippen LogP contribution is 2.16. The van der Waals surface area contributed by atoms with Crippen molar-refractivity contribution in [3.63, 3.8) is 0 Å². The van der Waals surface area contributed by atoms with Crippen molar-refractivity contribution < 1.29 is 4.52 Å². The van der Waals surface area contributed by atoms with Gasteiger partial charge in [-0.1, -0.05) is 22.4 Å². The molecular formula is C16H19N3O. The third-order valence-corrected chi connectivity index (χ3v) is 2.84. The highest BCUT2D eigenvalue weighted by Gasteiger charge is 2.06. The summed E-state index contributed by atoms with van der Waals surface area (Å²) in [5, 5.41) is 3.98. The fourth-order valence-corrected chi connectivity index (χ4v) is 1.78. The van der Waals surface area contributed by atoms with Crippen molar-refractivity contribution in [3.05, 3.63) is 47.6 Å². The molecule has 2 aromatic rings. The molecule has 0 fully saturated rings. The zero-order valence-electron chi connectivity index (χ0n) is 12.1. The molecule has 0 saturated carbocycles. The number of pyridine rings is 1. The normalized spacial score (nSPS) is 11.4. The lowest BCUT2D eigenvalue weighted by Gasteiger charge is -1.96. The molecule has 0 spiro atoms. The van der Waals surface area contributed by atoms with E-state index in [-0.39, 0.29) is 0 Å². The molecule has 0 aliphatic carbocycles. The molecule has 0 radical (unpaired) electrons. The zero-order valence-corrected chi connectivity index (χ0v) is 12.1. The van der Waals surface area contributed by atoms with Gasteiger partial charge < -0.3 is 4.52 Å². The molecule has 0 amide bonds. The van der Waals surface area contributed by atoms with Crippen LogP contribution in [0.5, 0.6) is 0 Å². The summed E-state index contributed by atoms with van der Waals surface area (Å²) in [5.74, 6) is 1.14. The largest absolute Gasteiger partial charge is 0.334 e. The highest BCUT2D eigenvalue weighted by molar-refractivity contribution is 5.55. The summed E-state index contributed by atoms with van der Waals surface area (Å²) in [4.78, 5) is 8.34. The number of hydrogen-bond donors (Lipinski definition) is 0. The molecule has 20 heavy (non-hydrogen) atoms. The summed E-state index contributed by atoms with van der Waals surface area (Å²) in [6.07, 6.45) is 9.63. The van der Waals surface area contributed by atoms with E-state index in [2.05, 4.69) is 42.0 Å². The lowest BCUT2D eigenvalue weighted by atomic mass is 10.1. The number of allylic oxidation sites excluding steroid dienone is 3. The number of rotatable bonds is 5. The van der Waals surface area contributed by atoms with Gasteiger partial charge in [0.05, 0.1) is 0 Å². The Kier molecular flexibility index (Phi) is 4.82. The van der Waals surface area contributed by atoms with E-state index in [1.54, 1.807) is 12.4 Å². The zero-order chi connectivity index (χ0) is 14.4. The number of hydrogen-bond acceptors (Lipinski definition) is 4. The van der Waals surface area contributed by atoms with Gasteiger partial charge in [-0.2, -0.15) is 4.98 Å². The molecule has 2 rings (SSSR count). The van der Waals surface area contributed by atoms with E-state index >= 15 is 0 Å². The molecule has 0 atom stereocenters. The smallest absolute Gasteiger partial charge is 0.250 e. The average molecular weight is 269 g/mol. The Morgan fingerprint density at radius 3 is 2.65 bits per heavy atom. The van der Waals surface area contributed by atoms with E-state index < -0.39 is 0 Å². The molecule has 0 N–H and O–H groups in total. The lowest BCUT2D eigenvalue weighted by molar-refractivity contribution is 0.410. The van der Waals surface area contributed by atoms with Crippen LogP contribution in [-0.2, 0) is 0 Å². The third-order valence-electron chi connectivity index (χ3n) is 2.84. The van der Waals surface area contributed by atoms with Crippen LogP contribution in [0.3, 0.4) is 0 Å². The Balaban J connectivity index is 2.04. The fraction of sp³-hybridized carbons (Fsp3) is 0.312. The van der Waals surface area contributed by atoms with Crippen LogP contribution in [0, 0.1) is 0 Å². The Bertz CT molecular complexity index is 608. The van der Waals surface area contributed by atoms with Gasteiger partial charge in [-0.25, -0.2) is 0 Å². The quantitative estimate of drug-likeness (QED) is 0.760. The van der Waals surface area contributed by atoms with E-state index in [0.29, 0.717) is 11.7 Å². The Labute approximate surface area is 119 Å².